The Morgan fingerprint density at radius 1 is 1.40 bits per heavy atom. The molecule has 2 heteroatoms. The summed E-state index contributed by atoms with van der Waals surface area (Å²) < 4.78 is 5.30. The molecule has 1 saturated heterocycles. The van der Waals surface area contributed by atoms with Gasteiger partial charge in [0.15, 0.2) is 0 Å². The highest BCUT2D eigenvalue weighted by molar-refractivity contribution is 5.49. The van der Waals surface area contributed by atoms with Crippen LogP contribution in [0, 0.1) is 0 Å². The number of hydrogen-bond donors (Lipinski definition) is 0. The molecule has 0 aliphatic carbocycles. The fraction of sp³-hybridized carbons (Fsp3) is 0.875. The molecule has 0 amide bonds. The van der Waals surface area contributed by atoms with Crippen molar-refractivity contribution in [3.05, 3.63) is 0 Å². The van der Waals surface area contributed by atoms with E-state index in [0.29, 0.717) is 18.6 Å². The van der Waals surface area contributed by atoms with Crippen molar-refractivity contribution in [2.75, 3.05) is 0 Å². The van der Waals surface area contributed by atoms with E-state index in [2.05, 4.69) is 6.92 Å². The number of hydrogen-bond acceptors (Lipinski definition) is 2. The van der Waals surface area contributed by atoms with Crippen molar-refractivity contribution in [1.82, 2.24) is 0 Å². The van der Waals surface area contributed by atoms with Crippen molar-refractivity contribution in [3.8, 4) is 0 Å². The fourth-order valence-corrected chi connectivity index (χ4v) is 1.20. The highest BCUT2D eigenvalue weighted by Gasteiger charge is 2.36. The summed E-state index contributed by atoms with van der Waals surface area (Å²) in [6.07, 6.45) is 5.77. The summed E-state index contributed by atoms with van der Waals surface area (Å²) >= 11 is 0. The molecule has 2 atom stereocenters. The van der Waals surface area contributed by atoms with Crippen LogP contribution in [-0.2, 0) is 9.53 Å². The van der Waals surface area contributed by atoms with Crippen LogP contribution in [0.25, 0.3) is 0 Å². The molecule has 0 bridgehead atoms. The third kappa shape index (κ3) is 2.10. The van der Waals surface area contributed by atoms with Gasteiger partial charge in [-0.15, -0.1) is 0 Å². The van der Waals surface area contributed by atoms with Crippen LogP contribution in [0.15, 0.2) is 0 Å². The third-order valence-corrected chi connectivity index (χ3v) is 1.83. The molecule has 1 aliphatic rings. The highest BCUT2D eigenvalue weighted by Crippen LogP contribution is 2.29. The molecule has 1 fully saturated rings. The van der Waals surface area contributed by atoms with Crippen molar-refractivity contribution < 1.29 is 9.53 Å². The SMILES string of the molecule is CCCC1OC1CCC=O. The molecule has 0 spiro atoms. The summed E-state index contributed by atoms with van der Waals surface area (Å²) in [5, 5.41) is 0. The number of aldehydes is 1. The molecule has 0 radical (unpaired) electrons. The molecule has 1 rings (SSSR count). The maximum Gasteiger partial charge on any atom is 0.120 e. The van der Waals surface area contributed by atoms with Crippen LogP contribution in [0.3, 0.4) is 0 Å². The van der Waals surface area contributed by atoms with Crippen LogP contribution >= 0.6 is 0 Å². The number of rotatable bonds is 5. The molecular weight excluding hydrogens is 128 g/mol. The number of ether oxygens (including phenoxy) is 1. The lowest BCUT2D eigenvalue weighted by Crippen LogP contribution is -1.93. The van der Waals surface area contributed by atoms with Gasteiger partial charge in [0.1, 0.15) is 6.29 Å². The van der Waals surface area contributed by atoms with Gasteiger partial charge in [-0.25, -0.2) is 0 Å². The summed E-state index contributed by atoms with van der Waals surface area (Å²) in [6.45, 7) is 2.15. The molecule has 58 valence electrons. The van der Waals surface area contributed by atoms with Crippen LogP contribution in [-0.4, -0.2) is 18.5 Å². The van der Waals surface area contributed by atoms with Gasteiger partial charge >= 0.3 is 0 Å². The molecule has 0 N–H and O–H groups in total. The molecule has 10 heavy (non-hydrogen) atoms. The Morgan fingerprint density at radius 2 is 2.10 bits per heavy atom. The van der Waals surface area contributed by atoms with Gasteiger partial charge in [-0.05, 0) is 12.8 Å². The standard InChI is InChI=1S/C8H14O2/c1-2-4-7-8(10-7)5-3-6-9/h6-8H,2-5H2,1H3. The monoisotopic (exact) mass is 142 g/mol. The Morgan fingerprint density at radius 3 is 2.70 bits per heavy atom. The van der Waals surface area contributed by atoms with E-state index in [1.54, 1.807) is 0 Å². The van der Waals surface area contributed by atoms with Crippen molar-refractivity contribution in [2.24, 2.45) is 0 Å². The average molecular weight is 142 g/mol. The Balaban J connectivity index is 1.96. The summed E-state index contributed by atoms with van der Waals surface area (Å²) in [5.41, 5.74) is 0. The quantitative estimate of drug-likeness (QED) is 0.430. The zero-order valence-corrected chi connectivity index (χ0v) is 6.38. The second-order valence-corrected chi connectivity index (χ2v) is 2.75. The molecule has 2 unspecified atom stereocenters. The lowest BCUT2D eigenvalue weighted by molar-refractivity contribution is -0.108. The molecule has 1 heterocycles. The van der Waals surface area contributed by atoms with Gasteiger partial charge < -0.3 is 9.53 Å². The van der Waals surface area contributed by atoms with Gasteiger partial charge in [0, 0.05) is 6.42 Å². The predicted molar refractivity (Wildman–Crippen MR) is 38.9 cm³/mol. The minimum atomic E-state index is 0.408. The molecule has 0 aromatic heterocycles. The summed E-state index contributed by atoms with van der Waals surface area (Å²) in [6, 6.07) is 0. The van der Waals surface area contributed by atoms with Crippen molar-refractivity contribution in [1.29, 1.82) is 0 Å². The van der Waals surface area contributed by atoms with Gasteiger partial charge in [-0.3, -0.25) is 0 Å². The number of epoxide rings is 1. The van der Waals surface area contributed by atoms with E-state index in [1.165, 1.54) is 6.42 Å². The lowest BCUT2D eigenvalue weighted by atomic mass is 10.1. The Kier molecular flexibility index (Phi) is 2.87. The van der Waals surface area contributed by atoms with Crippen LogP contribution in [0.5, 0.6) is 0 Å². The minimum Gasteiger partial charge on any atom is -0.370 e. The summed E-state index contributed by atoms with van der Waals surface area (Å²) in [7, 11) is 0. The summed E-state index contributed by atoms with van der Waals surface area (Å²) in [4.78, 5) is 9.95. The van der Waals surface area contributed by atoms with Crippen LogP contribution in [0.2, 0.25) is 0 Å². The van der Waals surface area contributed by atoms with Crippen molar-refractivity contribution >= 4 is 6.29 Å². The van der Waals surface area contributed by atoms with Crippen LogP contribution in [0.4, 0.5) is 0 Å². The average Bonchev–Trinajstić information content (AvgIpc) is 2.65. The molecule has 1 aliphatic heterocycles. The second kappa shape index (κ2) is 3.71. The highest BCUT2D eigenvalue weighted by atomic mass is 16.6. The topological polar surface area (TPSA) is 29.6 Å². The number of carbonyl (C=O) groups is 1. The van der Waals surface area contributed by atoms with Crippen LogP contribution < -0.4 is 0 Å². The number of carbonyl (C=O) groups excluding carboxylic acids is 1. The van der Waals surface area contributed by atoms with E-state index in [4.69, 9.17) is 4.74 Å². The molecule has 0 saturated carbocycles. The first-order valence-electron chi connectivity index (χ1n) is 3.97. The van der Waals surface area contributed by atoms with Crippen molar-refractivity contribution in [2.45, 2.75) is 44.8 Å². The molecule has 0 aromatic carbocycles. The second-order valence-electron chi connectivity index (χ2n) is 2.75. The predicted octanol–water partition coefficient (Wildman–Crippen LogP) is 1.53. The third-order valence-electron chi connectivity index (χ3n) is 1.83. The fourth-order valence-electron chi connectivity index (χ4n) is 1.20. The van der Waals surface area contributed by atoms with E-state index in [0.717, 1.165) is 19.1 Å². The lowest BCUT2D eigenvalue weighted by Gasteiger charge is -1.86. The Labute approximate surface area is 61.6 Å². The molecular formula is C8H14O2. The van der Waals surface area contributed by atoms with E-state index >= 15 is 0 Å². The first-order valence-corrected chi connectivity index (χ1v) is 3.97. The van der Waals surface area contributed by atoms with Crippen LogP contribution in [0.1, 0.15) is 32.6 Å². The summed E-state index contributed by atoms with van der Waals surface area (Å²) in [5.74, 6) is 0. The zero-order valence-electron chi connectivity index (χ0n) is 6.38. The minimum absolute atomic E-state index is 0.408. The van der Waals surface area contributed by atoms with Crippen molar-refractivity contribution in [3.63, 3.8) is 0 Å². The van der Waals surface area contributed by atoms with Gasteiger partial charge in [-0.1, -0.05) is 13.3 Å². The van der Waals surface area contributed by atoms with Gasteiger partial charge in [0.05, 0.1) is 12.2 Å². The molecule has 0 aromatic rings. The first-order chi connectivity index (χ1) is 4.88. The van der Waals surface area contributed by atoms with Gasteiger partial charge in [0.2, 0.25) is 0 Å². The zero-order chi connectivity index (χ0) is 7.40. The van der Waals surface area contributed by atoms with E-state index < -0.39 is 0 Å². The molecule has 2 nitrogen and oxygen atoms in total. The maximum absolute atomic E-state index is 9.95. The Bertz CT molecular complexity index is 112. The van der Waals surface area contributed by atoms with Gasteiger partial charge in [-0.2, -0.15) is 0 Å². The van der Waals surface area contributed by atoms with Gasteiger partial charge in [0.25, 0.3) is 0 Å². The van der Waals surface area contributed by atoms with E-state index in [-0.39, 0.29) is 0 Å². The van der Waals surface area contributed by atoms with E-state index in [1.807, 2.05) is 0 Å². The Hall–Kier alpha value is -0.370. The van der Waals surface area contributed by atoms with E-state index in [9.17, 15) is 4.79 Å². The maximum atomic E-state index is 9.95. The first kappa shape index (κ1) is 7.73. The normalized spacial score (nSPS) is 30.1. The smallest absolute Gasteiger partial charge is 0.120 e. The largest absolute Gasteiger partial charge is 0.370 e.